The van der Waals surface area contributed by atoms with Crippen LogP contribution >= 0.6 is 27.3 Å². The number of aryl methyl sites for hydroxylation is 1. The van der Waals surface area contributed by atoms with Crippen molar-refractivity contribution in [3.05, 3.63) is 33.7 Å². The number of rotatable bonds is 2. The summed E-state index contributed by atoms with van der Waals surface area (Å²) in [4.78, 5) is 4.33. The number of hydrogen-bond donors (Lipinski definition) is 2. The molecule has 0 bridgehead atoms. The smallest absolute Gasteiger partial charge is 0.188 e. The Hall–Kier alpha value is -1.07. The summed E-state index contributed by atoms with van der Waals surface area (Å²) in [5.41, 5.74) is 3.76. The second-order valence-corrected chi connectivity index (χ2v) is 5.67. The first kappa shape index (κ1) is 11.0. The van der Waals surface area contributed by atoms with Crippen molar-refractivity contribution in [3.8, 4) is 0 Å². The van der Waals surface area contributed by atoms with Gasteiger partial charge in [-0.3, -0.25) is 0 Å². The lowest BCUT2D eigenvalue weighted by Gasteiger charge is -2.18. The van der Waals surface area contributed by atoms with Crippen LogP contribution in [0.4, 0.5) is 16.5 Å². The third kappa shape index (κ3) is 2.45. The summed E-state index contributed by atoms with van der Waals surface area (Å²) < 4.78 is 0.879. The second kappa shape index (κ2) is 4.66. The van der Waals surface area contributed by atoms with E-state index in [-0.39, 0.29) is 0 Å². The van der Waals surface area contributed by atoms with Crippen LogP contribution in [-0.2, 0) is 6.42 Å². The van der Waals surface area contributed by atoms with Gasteiger partial charge in [0.05, 0.1) is 0 Å². The number of nitrogens with one attached hydrogen (secondary N) is 2. The lowest BCUT2D eigenvalue weighted by Crippen LogP contribution is -2.11. The molecular weight excluding hydrogens is 298 g/mol. The van der Waals surface area contributed by atoms with Crippen LogP contribution in [0.5, 0.6) is 0 Å². The predicted octanol–water partition coefficient (Wildman–Crippen LogP) is 4.01. The van der Waals surface area contributed by atoms with Crippen LogP contribution in [0.25, 0.3) is 0 Å². The highest BCUT2D eigenvalue weighted by molar-refractivity contribution is 9.10. The summed E-state index contributed by atoms with van der Waals surface area (Å²) in [7, 11) is 0. The fraction of sp³-hybridized carbons (Fsp3) is 0.250. The molecule has 0 fully saturated rings. The van der Waals surface area contributed by atoms with Crippen molar-refractivity contribution >= 4 is 43.8 Å². The number of benzene rings is 1. The second-order valence-electron chi connectivity index (χ2n) is 4.00. The fourth-order valence-electron chi connectivity index (χ4n) is 1.99. The Morgan fingerprint density at radius 2 is 2.35 bits per heavy atom. The monoisotopic (exact) mass is 309 g/mol. The first-order valence-corrected chi connectivity index (χ1v) is 7.23. The topological polar surface area (TPSA) is 37.0 Å². The summed E-state index contributed by atoms with van der Waals surface area (Å²) >= 11 is 4.95. The fourth-order valence-corrected chi connectivity index (χ4v) is 3.15. The molecule has 1 aromatic carbocycles. The van der Waals surface area contributed by atoms with E-state index in [1.54, 1.807) is 11.3 Å². The maximum atomic E-state index is 4.33. The van der Waals surface area contributed by atoms with Crippen LogP contribution < -0.4 is 10.6 Å². The van der Waals surface area contributed by atoms with Crippen molar-refractivity contribution in [1.29, 1.82) is 0 Å². The average molecular weight is 310 g/mol. The molecule has 0 radical (unpaired) electrons. The largest absolute Gasteiger partial charge is 0.385 e. The molecule has 0 aliphatic carbocycles. The van der Waals surface area contributed by atoms with Crippen LogP contribution in [0.3, 0.4) is 0 Å². The molecule has 88 valence electrons. The molecule has 1 aliphatic rings. The van der Waals surface area contributed by atoms with Crippen molar-refractivity contribution in [2.24, 2.45) is 0 Å². The normalized spacial score (nSPS) is 13.9. The van der Waals surface area contributed by atoms with E-state index < -0.39 is 0 Å². The van der Waals surface area contributed by atoms with Crippen molar-refractivity contribution in [2.75, 3.05) is 17.2 Å². The highest BCUT2D eigenvalue weighted by Crippen LogP contribution is 2.28. The molecule has 0 saturated carbocycles. The molecule has 3 nitrogen and oxygen atoms in total. The maximum Gasteiger partial charge on any atom is 0.188 e. The number of fused-ring (bicyclic) bond motifs is 1. The lowest BCUT2D eigenvalue weighted by atomic mass is 10.0. The van der Waals surface area contributed by atoms with Gasteiger partial charge in [-0.15, -0.1) is 11.3 Å². The molecule has 0 unspecified atom stereocenters. The highest BCUT2D eigenvalue weighted by atomic mass is 79.9. The maximum absolute atomic E-state index is 4.33. The Labute approximate surface area is 112 Å². The Morgan fingerprint density at radius 3 is 3.18 bits per heavy atom. The van der Waals surface area contributed by atoms with Gasteiger partial charge in [0.25, 0.3) is 0 Å². The number of thiazole rings is 1. The molecule has 17 heavy (non-hydrogen) atoms. The summed E-state index contributed by atoms with van der Waals surface area (Å²) in [6.07, 6.45) is 2.36. The van der Waals surface area contributed by atoms with Gasteiger partial charge in [0, 0.05) is 23.3 Å². The SMILES string of the molecule is Brc1csc(Nc2ccc3c(c2)CCCN3)n1. The van der Waals surface area contributed by atoms with Gasteiger partial charge in [-0.1, -0.05) is 0 Å². The summed E-state index contributed by atoms with van der Waals surface area (Å²) in [6.45, 7) is 1.08. The number of halogens is 1. The molecule has 0 spiro atoms. The van der Waals surface area contributed by atoms with Crippen molar-refractivity contribution in [1.82, 2.24) is 4.98 Å². The van der Waals surface area contributed by atoms with E-state index >= 15 is 0 Å². The third-order valence-corrected chi connectivity index (χ3v) is 4.24. The van der Waals surface area contributed by atoms with Crippen LogP contribution in [-0.4, -0.2) is 11.5 Å². The first-order valence-electron chi connectivity index (χ1n) is 5.56. The number of aromatic nitrogens is 1. The van der Waals surface area contributed by atoms with Gasteiger partial charge in [0.1, 0.15) is 4.60 Å². The zero-order valence-corrected chi connectivity index (χ0v) is 11.6. The van der Waals surface area contributed by atoms with Gasteiger partial charge < -0.3 is 10.6 Å². The van der Waals surface area contributed by atoms with E-state index in [1.807, 2.05) is 5.38 Å². The summed E-state index contributed by atoms with van der Waals surface area (Å²) in [6, 6.07) is 6.43. The molecule has 0 saturated heterocycles. The Bertz CT molecular complexity index is 538. The highest BCUT2D eigenvalue weighted by Gasteiger charge is 2.09. The molecule has 2 N–H and O–H groups in total. The predicted molar refractivity (Wildman–Crippen MR) is 76.3 cm³/mol. The molecule has 0 amide bonds. The molecule has 0 atom stereocenters. The van der Waals surface area contributed by atoms with E-state index in [1.165, 1.54) is 17.7 Å². The standard InChI is InChI=1S/C12H12BrN3S/c13-11-7-17-12(16-11)15-9-3-4-10-8(6-9)2-1-5-14-10/h3-4,6-7,14H,1-2,5H2,(H,15,16). The third-order valence-electron chi connectivity index (χ3n) is 2.77. The van der Waals surface area contributed by atoms with E-state index in [4.69, 9.17) is 0 Å². The van der Waals surface area contributed by atoms with Gasteiger partial charge in [-0.05, 0) is 52.5 Å². The molecule has 3 rings (SSSR count). The molecule has 2 heterocycles. The van der Waals surface area contributed by atoms with Crippen LogP contribution in [0.1, 0.15) is 12.0 Å². The quantitative estimate of drug-likeness (QED) is 0.880. The molecule has 1 aliphatic heterocycles. The van der Waals surface area contributed by atoms with Gasteiger partial charge in [-0.2, -0.15) is 0 Å². The first-order chi connectivity index (χ1) is 8.31. The summed E-state index contributed by atoms with van der Waals surface area (Å²) in [5, 5.41) is 9.63. The Morgan fingerprint density at radius 1 is 1.41 bits per heavy atom. The van der Waals surface area contributed by atoms with Crippen molar-refractivity contribution in [2.45, 2.75) is 12.8 Å². The minimum atomic E-state index is 0.879. The molecular formula is C12H12BrN3S. The van der Waals surface area contributed by atoms with E-state index in [0.717, 1.165) is 28.4 Å². The number of nitrogens with zero attached hydrogens (tertiary/aromatic N) is 1. The zero-order valence-electron chi connectivity index (χ0n) is 9.16. The summed E-state index contributed by atoms with van der Waals surface area (Å²) in [5.74, 6) is 0. The van der Waals surface area contributed by atoms with Crippen molar-refractivity contribution < 1.29 is 0 Å². The number of hydrogen-bond acceptors (Lipinski definition) is 4. The van der Waals surface area contributed by atoms with Crippen LogP contribution in [0.2, 0.25) is 0 Å². The van der Waals surface area contributed by atoms with Crippen molar-refractivity contribution in [3.63, 3.8) is 0 Å². The lowest BCUT2D eigenvalue weighted by molar-refractivity contribution is 0.830. The van der Waals surface area contributed by atoms with E-state index in [9.17, 15) is 0 Å². The molecule has 1 aromatic heterocycles. The number of anilines is 3. The van der Waals surface area contributed by atoms with Crippen LogP contribution in [0.15, 0.2) is 28.2 Å². The van der Waals surface area contributed by atoms with E-state index in [2.05, 4.69) is 49.7 Å². The van der Waals surface area contributed by atoms with Gasteiger partial charge in [0.15, 0.2) is 5.13 Å². The minimum Gasteiger partial charge on any atom is -0.385 e. The van der Waals surface area contributed by atoms with Gasteiger partial charge in [0.2, 0.25) is 0 Å². The zero-order chi connectivity index (χ0) is 11.7. The van der Waals surface area contributed by atoms with Gasteiger partial charge >= 0.3 is 0 Å². The molecule has 2 aromatic rings. The van der Waals surface area contributed by atoms with Gasteiger partial charge in [-0.25, -0.2) is 4.98 Å². The van der Waals surface area contributed by atoms with E-state index in [0.29, 0.717) is 0 Å². The Balaban J connectivity index is 1.84. The average Bonchev–Trinajstić information content (AvgIpc) is 2.75. The minimum absolute atomic E-state index is 0.879. The Kier molecular flexibility index (Phi) is 3.03. The van der Waals surface area contributed by atoms with Crippen LogP contribution in [0, 0.1) is 0 Å². The molecule has 5 heteroatoms.